The summed E-state index contributed by atoms with van der Waals surface area (Å²) in [6.45, 7) is 0.594. The van der Waals surface area contributed by atoms with Crippen LogP contribution in [-0.2, 0) is 6.42 Å². The molecule has 0 fully saturated rings. The normalized spacial score (nSPS) is 10.7. The van der Waals surface area contributed by atoms with Crippen LogP contribution >= 0.6 is 22.6 Å². The van der Waals surface area contributed by atoms with Crippen LogP contribution in [0.1, 0.15) is 5.56 Å². The number of hydrogen-bond donors (Lipinski definition) is 2. The first-order valence-corrected chi connectivity index (χ1v) is 8.21. The van der Waals surface area contributed by atoms with E-state index < -0.39 is 10.9 Å². The van der Waals surface area contributed by atoms with Crippen molar-refractivity contribution in [1.29, 1.82) is 0 Å². The van der Waals surface area contributed by atoms with Crippen LogP contribution in [0.15, 0.2) is 58.4 Å². The summed E-state index contributed by atoms with van der Waals surface area (Å²) in [5.41, 5.74) is 1.64. The van der Waals surface area contributed by atoms with Crippen molar-refractivity contribution in [2.75, 3.05) is 17.2 Å². The Bertz CT molecular complexity index is 869. The van der Waals surface area contributed by atoms with Crippen LogP contribution in [-0.4, -0.2) is 11.5 Å². The molecule has 0 saturated carbocycles. The van der Waals surface area contributed by atoms with E-state index in [2.05, 4.69) is 50.3 Å². The second kappa shape index (κ2) is 6.91. The lowest BCUT2D eigenvalue weighted by atomic mass is 10.1. The SMILES string of the molecule is O=c1c(NCCc2ccc(I)cc2)c(Nc2ccncc2)c1=O. The van der Waals surface area contributed by atoms with Gasteiger partial charge in [-0.3, -0.25) is 14.6 Å². The van der Waals surface area contributed by atoms with Gasteiger partial charge in [-0.1, -0.05) is 12.1 Å². The Labute approximate surface area is 146 Å². The van der Waals surface area contributed by atoms with Gasteiger partial charge in [0.05, 0.1) is 0 Å². The zero-order valence-electron chi connectivity index (χ0n) is 12.2. The van der Waals surface area contributed by atoms with Gasteiger partial charge in [-0.25, -0.2) is 0 Å². The smallest absolute Gasteiger partial charge is 0.253 e. The fourth-order valence-electron chi connectivity index (χ4n) is 2.24. The number of hydrogen-bond acceptors (Lipinski definition) is 5. The van der Waals surface area contributed by atoms with Crippen molar-refractivity contribution in [1.82, 2.24) is 4.98 Å². The Morgan fingerprint density at radius 3 is 2.26 bits per heavy atom. The molecular weight excluding hydrogens is 405 g/mol. The molecule has 2 N–H and O–H groups in total. The van der Waals surface area contributed by atoms with E-state index in [1.807, 2.05) is 12.1 Å². The van der Waals surface area contributed by atoms with Crippen LogP contribution in [0, 0.1) is 3.57 Å². The van der Waals surface area contributed by atoms with Gasteiger partial charge in [0, 0.05) is 28.2 Å². The second-order valence-corrected chi connectivity index (χ2v) is 6.32. The van der Waals surface area contributed by atoms with Gasteiger partial charge in [0.25, 0.3) is 10.9 Å². The predicted octanol–water partition coefficient (Wildman–Crippen LogP) is 2.68. The first kappa shape index (κ1) is 15.7. The molecule has 23 heavy (non-hydrogen) atoms. The van der Waals surface area contributed by atoms with Gasteiger partial charge in [0.1, 0.15) is 11.4 Å². The van der Waals surface area contributed by atoms with Crippen LogP contribution in [0.25, 0.3) is 0 Å². The van der Waals surface area contributed by atoms with Crippen LogP contribution in [0.2, 0.25) is 0 Å². The van der Waals surface area contributed by atoms with Gasteiger partial charge < -0.3 is 10.6 Å². The fourth-order valence-corrected chi connectivity index (χ4v) is 2.60. The van der Waals surface area contributed by atoms with Gasteiger partial charge in [-0.2, -0.15) is 0 Å². The minimum absolute atomic E-state index is 0.323. The molecule has 1 aromatic heterocycles. The molecule has 0 atom stereocenters. The molecule has 3 aromatic rings. The summed E-state index contributed by atoms with van der Waals surface area (Å²) in [6.07, 6.45) is 4.03. The largest absolute Gasteiger partial charge is 0.380 e. The molecule has 116 valence electrons. The molecule has 1 heterocycles. The minimum Gasteiger partial charge on any atom is -0.380 e. The van der Waals surface area contributed by atoms with Crippen LogP contribution in [0.4, 0.5) is 17.1 Å². The molecule has 0 aliphatic heterocycles. The Morgan fingerprint density at radius 2 is 1.57 bits per heavy atom. The number of aromatic nitrogens is 1. The third-order valence-corrected chi connectivity index (χ3v) is 4.21. The first-order chi connectivity index (χ1) is 11.1. The summed E-state index contributed by atoms with van der Waals surface area (Å²) in [5.74, 6) is 0. The summed E-state index contributed by atoms with van der Waals surface area (Å²) in [4.78, 5) is 27.4. The Balaban J connectivity index is 1.64. The maximum absolute atomic E-state index is 11.7. The van der Waals surface area contributed by atoms with E-state index in [-0.39, 0.29) is 0 Å². The van der Waals surface area contributed by atoms with Crippen molar-refractivity contribution < 1.29 is 0 Å². The van der Waals surface area contributed by atoms with Crippen molar-refractivity contribution in [3.8, 4) is 0 Å². The number of pyridine rings is 1. The monoisotopic (exact) mass is 419 g/mol. The minimum atomic E-state index is -0.487. The van der Waals surface area contributed by atoms with E-state index in [1.165, 1.54) is 9.13 Å². The number of nitrogens with one attached hydrogen (secondary N) is 2. The molecule has 0 unspecified atom stereocenters. The number of halogens is 1. The molecule has 0 aliphatic rings. The van der Waals surface area contributed by atoms with E-state index in [4.69, 9.17) is 0 Å². The lowest BCUT2D eigenvalue weighted by Gasteiger charge is -2.14. The second-order valence-electron chi connectivity index (χ2n) is 5.07. The average molecular weight is 419 g/mol. The number of anilines is 3. The molecule has 0 radical (unpaired) electrons. The highest BCUT2D eigenvalue weighted by atomic mass is 127. The maximum atomic E-state index is 11.7. The molecule has 0 bridgehead atoms. The standard InChI is InChI=1S/C17H14IN3O2/c18-12-3-1-11(2-4-12)5-10-20-14-15(17(23)16(14)22)21-13-6-8-19-9-7-13/h1-4,6-9,20H,5,10H2,(H,19,21). The highest BCUT2D eigenvalue weighted by molar-refractivity contribution is 14.1. The third-order valence-electron chi connectivity index (χ3n) is 3.49. The Hall–Kier alpha value is -2.22. The molecule has 0 saturated heterocycles. The average Bonchev–Trinajstić information content (AvgIpc) is 2.59. The summed E-state index contributed by atoms with van der Waals surface area (Å²) in [6, 6.07) is 11.7. The van der Waals surface area contributed by atoms with Gasteiger partial charge in [0.15, 0.2) is 0 Å². The van der Waals surface area contributed by atoms with E-state index in [1.54, 1.807) is 24.5 Å². The van der Waals surface area contributed by atoms with Crippen LogP contribution in [0.3, 0.4) is 0 Å². The highest BCUT2D eigenvalue weighted by Gasteiger charge is 2.20. The number of nitrogens with zero attached hydrogens (tertiary/aromatic N) is 1. The molecule has 6 heteroatoms. The summed E-state index contributed by atoms with van der Waals surface area (Å²) in [7, 11) is 0. The van der Waals surface area contributed by atoms with Crippen molar-refractivity contribution >= 4 is 39.7 Å². The molecule has 0 amide bonds. The molecule has 5 nitrogen and oxygen atoms in total. The van der Waals surface area contributed by atoms with Gasteiger partial charge >= 0.3 is 0 Å². The van der Waals surface area contributed by atoms with Crippen molar-refractivity contribution in [3.63, 3.8) is 0 Å². The lowest BCUT2D eigenvalue weighted by Crippen LogP contribution is -2.37. The van der Waals surface area contributed by atoms with E-state index >= 15 is 0 Å². The lowest BCUT2D eigenvalue weighted by molar-refractivity contribution is 1.01. The van der Waals surface area contributed by atoms with Gasteiger partial charge in [0.2, 0.25) is 0 Å². The molecule has 0 spiro atoms. The summed E-state index contributed by atoms with van der Waals surface area (Å²) >= 11 is 2.26. The Morgan fingerprint density at radius 1 is 0.913 bits per heavy atom. The van der Waals surface area contributed by atoms with Crippen LogP contribution < -0.4 is 21.5 Å². The molecular formula is C17H14IN3O2. The molecule has 2 aromatic carbocycles. The molecule has 3 rings (SSSR count). The fraction of sp³-hybridized carbons (Fsp3) is 0.118. The van der Waals surface area contributed by atoms with Crippen LogP contribution in [0.5, 0.6) is 0 Å². The van der Waals surface area contributed by atoms with Crippen molar-refractivity contribution in [2.24, 2.45) is 0 Å². The van der Waals surface area contributed by atoms with Gasteiger partial charge in [-0.15, -0.1) is 0 Å². The first-order valence-electron chi connectivity index (χ1n) is 7.14. The zero-order chi connectivity index (χ0) is 16.2. The number of benzene rings is 1. The Kier molecular flexibility index (Phi) is 4.71. The molecule has 0 aliphatic carbocycles. The topological polar surface area (TPSA) is 71.1 Å². The number of rotatable bonds is 6. The predicted molar refractivity (Wildman–Crippen MR) is 100 cm³/mol. The summed E-state index contributed by atoms with van der Waals surface area (Å²) < 4.78 is 1.19. The third kappa shape index (κ3) is 3.58. The highest BCUT2D eigenvalue weighted by Crippen LogP contribution is 2.20. The maximum Gasteiger partial charge on any atom is 0.253 e. The van der Waals surface area contributed by atoms with E-state index in [0.29, 0.717) is 17.9 Å². The van der Waals surface area contributed by atoms with Crippen molar-refractivity contribution in [2.45, 2.75) is 6.42 Å². The van der Waals surface area contributed by atoms with Crippen molar-refractivity contribution in [3.05, 3.63) is 78.4 Å². The zero-order valence-corrected chi connectivity index (χ0v) is 14.3. The quantitative estimate of drug-likeness (QED) is 0.475. The van der Waals surface area contributed by atoms with E-state index in [9.17, 15) is 9.59 Å². The summed E-state index contributed by atoms with van der Waals surface area (Å²) in [5, 5.41) is 6.03. The van der Waals surface area contributed by atoms with Gasteiger partial charge in [-0.05, 0) is 58.8 Å². The van der Waals surface area contributed by atoms with E-state index in [0.717, 1.165) is 12.1 Å².